The Bertz CT molecular complexity index is 730. The molecule has 0 fully saturated rings. The first-order valence-electron chi connectivity index (χ1n) is 7.26. The van der Waals surface area contributed by atoms with Gasteiger partial charge in [-0.05, 0) is 26.8 Å². The lowest BCUT2D eigenvalue weighted by atomic mass is 10.1. The molecule has 0 saturated heterocycles. The number of esters is 1. The van der Waals surface area contributed by atoms with Crippen molar-refractivity contribution in [3.63, 3.8) is 0 Å². The molecule has 1 atom stereocenters. The molecule has 1 heterocycles. The molecule has 7 heteroatoms. The molecule has 0 aliphatic carbocycles. The van der Waals surface area contributed by atoms with Gasteiger partial charge in [-0.25, -0.2) is 4.79 Å². The fourth-order valence-electron chi connectivity index (χ4n) is 2.17. The zero-order valence-electron chi connectivity index (χ0n) is 13.7. The summed E-state index contributed by atoms with van der Waals surface area (Å²) in [6.07, 6.45) is -0.408. The van der Waals surface area contributed by atoms with Gasteiger partial charge in [0, 0.05) is 11.8 Å². The first-order chi connectivity index (χ1) is 10.7. The van der Waals surface area contributed by atoms with Crippen molar-refractivity contribution in [3.05, 3.63) is 30.0 Å². The lowest BCUT2D eigenvalue weighted by Gasteiger charge is -2.19. The number of carbonyl (C=O) groups is 2. The fourth-order valence-corrected chi connectivity index (χ4v) is 2.17. The second-order valence-electron chi connectivity index (χ2n) is 6.19. The number of hydrogen-bond acceptors (Lipinski definition) is 6. The molecule has 0 aliphatic rings. The van der Waals surface area contributed by atoms with Gasteiger partial charge < -0.3 is 15.2 Å². The van der Waals surface area contributed by atoms with Crippen molar-refractivity contribution >= 4 is 23.0 Å². The number of nitrogens with two attached hydrogens (primary N) is 1. The van der Waals surface area contributed by atoms with Gasteiger partial charge in [0.15, 0.2) is 0 Å². The Morgan fingerprint density at radius 3 is 2.57 bits per heavy atom. The van der Waals surface area contributed by atoms with E-state index in [9.17, 15) is 9.59 Å². The largest absolute Gasteiger partial charge is 0.468 e. The predicted molar refractivity (Wildman–Crippen MR) is 85.1 cm³/mol. The van der Waals surface area contributed by atoms with Gasteiger partial charge in [0.1, 0.15) is 11.6 Å². The van der Waals surface area contributed by atoms with E-state index in [0.29, 0.717) is 11.2 Å². The Hall–Kier alpha value is -2.41. The predicted octanol–water partition coefficient (Wildman–Crippen LogP) is 1.86. The summed E-state index contributed by atoms with van der Waals surface area (Å²) in [4.78, 5) is 23.8. The number of aromatic nitrogens is 2. The summed E-state index contributed by atoms with van der Waals surface area (Å²) < 4.78 is 11.2. The zero-order valence-corrected chi connectivity index (χ0v) is 13.7. The number of fused-ring (bicyclic) bond motifs is 1. The van der Waals surface area contributed by atoms with Crippen molar-refractivity contribution in [2.45, 2.75) is 38.8 Å². The highest BCUT2D eigenvalue weighted by atomic mass is 16.6. The Balaban J connectivity index is 2.40. The lowest BCUT2D eigenvalue weighted by molar-refractivity contribution is -0.142. The molecule has 23 heavy (non-hydrogen) atoms. The molecule has 0 radical (unpaired) electrons. The molecular formula is C16H21N3O4. The van der Waals surface area contributed by atoms with Crippen LogP contribution < -0.4 is 5.73 Å². The average molecular weight is 319 g/mol. The molecule has 1 unspecified atom stereocenters. The Kier molecular flexibility index (Phi) is 4.70. The second kappa shape index (κ2) is 6.37. The van der Waals surface area contributed by atoms with Crippen molar-refractivity contribution in [1.82, 2.24) is 9.78 Å². The number of rotatable bonds is 3. The van der Waals surface area contributed by atoms with Crippen LogP contribution in [-0.2, 0) is 20.7 Å². The van der Waals surface area contributed by atoms with Gasteiger partial charge in [-0.3, -0.25) is 4.79 Å². The smallest absolute Gasteiger partial charge is 0.435 e. The molecule has 0 spiro atoms. The first-order valence-corrected chi connectivity index (χ1v) is 7.26. The third-order valence-corrected chi connectivity index (χ3v) is 3.15. The molecule has 2 N–H and O–H groups in total. The SMILES string of the molecule is COC(=O)C(N)Cc1nn(C(=O)OC(C)(C)C)c2ccccc12. The summed E-state index contributed by atoms with van der Waals surface area (Å²) >= 11 is 0. The second-order valence-corrected chi connectivity index (χ2v) is 6.19. The van der Waals surface area contributed by atoms with Crippen LogP contribution in [0.3, 0.4) is 0 Å². The van der Waals surface area contributed by atoms with Crippen LogP contribution in [-0.4, -0.2) is 40.6 Å². The van der Waals surface area contributed by atoms with Gasteiger partial charge in [-0.1, -0.05) is 18.2 Å². The lowest BCUT2D eigenvalue weighted by Crippen LogP contribution is -2.34. The van der Waals surface area contributed by atoms with E-state index in [1.54, 1.807) is 32.9 Å². The topological polar surface area (TPSA) is 96.4 Å². The molecule has 7 nitrogen and oxygen atoms in total. The van der Waals surface area contributed by atoms with Gasteiger partial charge in [-0.15, -0.1) is 0 Å². The number of methoxy groups -OCH3 is 1. The van der Waals surface area contributed by atoms with E-state index < -0.39 is 23.7 Å². The Labute approximate surface area is 134 Å². The van der Waals surface area contributed by atoms with Crippen LogP contribution >= 0.6 is 0 Å². The first kappa shape index (κ1) is 17.0. The number of benzene rings is 1. The van der Waals surface area contributed by atoms with Crippen molar-refractivity contribution in [1.29, 1.82) is 0 Å². The minimum atomic E-state index is -0.842. The highest BCUT2D eigenvalue weighted by Gasteiger charge is 2.24. The van der Waals surface area contributed by atoms with Crippen LogP contribution in [0.4, 0.5) is 4.79 Å². The van der Waals surface area contributed by atoms with Gasteiger partial charge in [0.25, 0.3) is 0 Å². The maximum atomic E-state index is 12.3. The summed E-state index contributed by atoms with van der Waals surface area (Å²) in [5, 5.41) is 5.03. The Morgan fingerprint density at radius 2 is 1.96 bits per heavy atom. The van der Waals surface area contributed by atoms with Crippen LogP contribution in [0.5, 0.6) is 0 Å². The van der Waals surface area contributed by atoms with Crippen molar-refractivity contribution < 1.29 is 19.1 Å². The van der Waals surface area contributed by atoms with Crippen LogP contribution in [0.25, 0.3) is 10.9 Å². The van der Waals surface area contributed by atoms with Crippen LogP contribution in [0.2, 0.25) is 0 Å². The molecule has 0 saturated carbocycles. The molecule has 124 valence electrons. The molecule has 0 bridgehead atoms. The number of ether oxygens (including phenoxy) is 2. The summed E-state index contributed by atoms with van der Waals surface area (Å²) in [5.74, 6) is -0.527. The van der Waals surface area contributed by atoms with E-state index in [1.165, 1.54) is 11.8 Å². The summed E-state index contributed by atoms with van der Waals surface area (Å²) in [5.41, 5.74) is 6.32. The highest BCUT2D eigenvalue weighted by molar-refractivity contribution is 5.90. The summed E-state index contributed by atoms with van der Waals surface area (Å²) in [7, 11) is 1.28. The van der Waals surface area contributed by atoms with E-state index in [2.05, 4.69) is 9.84 Å². The standard InChI is InChI=1S/C16H21N3O4/c1-16(2,3)23-15(21)19-13-8-6-5-7-10(13)12(18-19)9-11(17)14(20)22-4/h5-8,11H,9,17H2,1-4H3. The summed E-state index contributed by atoms with van der Waals surface area (Å²) in [6.45, 7) is 5.35. The van der Waals surface area contributed by atoms with E-state index in [-0.39, 0.29) is 6.42 Å². The van der Waals surface area contributed by atoms with Gasteiger partial charge in [0.2, 0.25) is 0 Å². The molecule has 1 aromatic heterocycles. The van der Waals surface area contributed by atoms with E-state index >= 15 is 0 Å². The van der Waals surface area contributed by atoms with E-state index in [0.717, 1.165) is 5.39 Å². The van der Waals surface area contributed by atoms with Gasteiger partial charge in [-0.2, -0.15) is 9.78 Å². The number of hydrogen-bond donors (Lipinski definition) is 1. The number of nitrogens with zero attached hydrogens (tertiary/aromatic N) is 2. The summed E-state index contributed by atoms with van der Waals surface area (Å²) in [6, 6.07) is 6.37. The molecule has 2 aromatic rings. The van der Waals surface area contributed by atoms with Crippen LogP contribution in [0.15, 0.2) is 24.3 Å². The van der Waals surface area contributed by atoms with Crippen molar-refractivity contribution in [2.75, 3.05) is 7.11 Å². The minimum Gasteiger partial charge on any atom is -0.468 e. The molecule has 2 rings (SSSR count). The van der Waals surface area contributed by atoms with Gasteiger partial charge >= 0.3 is 12.1 Å². The monoisotopic (exact) mass is 319 g/mol. The van der Waals surface area contributed by atoms with E-state index in [1.807, 2.05) is 12.1 Å². The van der Waals surface area contributed by atoms with Gasteiger partial charge in [0.05, 0.1) is 18.3 Å². The quantitative estimate of drug-likeness (QED) is 0.867. The van der Waals surface area contributed by atoms with Crippen LogP contribution in [0, 0.1) is 0 Å². The third-order valence-electron chi connectivity index (χ3n) is 3.15. The van der Waals surface area contributed by atoms with Crippen molar-refractivity contribution in [2.24, 2.45) is 5.73 Å². The maximum Gasteiger partial charge on any atom is 0.435 e. The van der Waals surface area contributed by atoms with E-state index in [4.69, 9.17) is 10.5 Å². The Morgan fingerprint density at radius 1 is 1.30 bits per heavy atom. The fraction of sp³-hybridized carbons (Fsp3) is 0.438. The highest BCUT2D eigenvalue weighted by Crippen LogP contribution is 2.21. The normalized spacial score (nSPS) is 12.9. The molecule has 1 aromatic carbocycles. The average Bonchev–Trinajstić information content (AvgIpc) is 2.84. The van der Waals surface area contributed by atoms with Crippen molar-refractivity contribution in [3.8, 4) is 0 Å². The third kappa shape index (κ3) is 3.87. The number of para-hydroxylation sites is 1. The van der Waals surface area contributed by atoms with Crippen LogP contribution in [0.1, 0.15) is 26.5 Å². The number of carbonyl (C=O) groups excluding carboxylic acids is 2. The molecule has 0 amide bonds. The minimum absolute atomic E-state index is 0.170. The maximum absolute atomic E-state index is 12.3. The zero-order chi connectivity index (χ0) is 17.2. The molecular weight excluding hydrogens is 298 g/mol. The molecule has 0 aliphatic heterocycles.